The van der Waals surface area contributed by atoms with E-state index >= 15 is 0 Å². The molecule has 0 heterocycles. The van der Waals surface area contributed by atoms with Crippen molar-refractivity contribution >= 4 is 17.9 Å². The maximum Gasteiger partial charge on any atom is 0.343 e. The summed E-state index contributed by atoms with van der Waals surface area (Å²) < 4.78 is 11.2. The van der Waals surface area contributed by atoms with Crippen LogP contribution in [0, 0.1) is 0 Å². The number of phenols is 1. The van der Waals surface area contributed by atoms with Crippen molar-refractivity contribution in [2.24, 2.45) is 4.99 Å². The van der Waals surface area contributed by atoms with Crippen LogP contribution in [-0.4, -0.2) is 23.9 Å². The number of nitrogens with zero attached hydrogens (tertiary/aromatic N) is 1. The second-order valence-corrected chi connectivity index (χ2v) is 9.28. The van der Waals surface area contributed by atoms with Gasteiger partial charge in [-0.25, -0.2) is 4.79 Å². The largest absolute Gasteiger partial charge is 0.507 e. The molecule has 0 aliphatic heterocycles. The lowest BCUT2D eigenvalue weighted by Gasteiger charge is -2.08. The Kier molecular flexibility index (Phi) is 11.7. The summed E-state index contributed by atoms with van der Waals surface area (Å²) in [5, 5.41) is 10.4. The van der Waals surface area contributed by atoms with E-state index in [0.717, 1.165) is 24.3 Å². The van der Waals surface area contributed by atoms with Crippen LogP contribution < -0.4 is 9.47 Å². The maximum atomic E-state index is 12.5. The Morgan fingerprint density at radius 1 is 0.811 bits per heavy atom. The zero-order valence-electron chi connectivity index (χ0n) is 22.1. The monoisotopic (exact) mass is 501 g/mol. The van der Waals surface area contributed by atoms with E-state index in [-0.39, 0.29) is 11.5 Å². The lowest BCUT2D eigenvalue weighted by molar-refractivity contribution is 0.0734. The highest BCUT2D eigenvalue weighted by Gasteiger charge is 2.10. The smallest absolute Gasteiger partial charge is 0.343 e. The summed E-state index contributed by atoms with van der Waals surface area (Å²) >= 11 is 0. The van der Waals surface area contributed by atoms with Gasteiger partial charge in [-0.2, -0.15) is 0 Å². The van der Waals surface area contributed by atoms with Crippen molar-refractivity contribution in [2.45, 2.75) is 71.6 Å². The van der Waals surface area contributed by atoms with Gasteiger partial charge in [0.15, 0.2) is 0 Å². The molecule has 5 heteroatoms. The van der Waals surface area contributed by atoms with E-state index in [9.17, 15) is 9.90 Å². The maximum absolute atomic E-state index is 12.5. The number of aliphatic imine (C=N–C) groups is 1. The summed E-state index contributed by atoms with van der Waals surface area (Å²) in [5.74, 6) is 0.502. The molecule has 0 unspecified atom stereocenters. The number of benzene rings is 3. The highest BCUT2D eigenvalue weighted by Crippen LogP contribution is 2.25. The van der Waals surface area contributed by atoms with Gasteiger partial charge in [-0.15, -0.1) is 0 Å². The van der Waals surface area contributed by atoms with Crippen LogP contribution in [-0.2, 0) is 6.42 Å². The molecule has 5 nitrogen and oxygen atoms in total. The minimum absolute atomic E-state index is 0.00656. The van der Waals surface area contributed by atoms with Gasteiger partial charge >= 0.3 is 5.97 Å². The predicted octanol–water partition coefficient (Wildman–Crippen LogP) is 8.44. The van der Waals surface area contributed by atoms with Gasteiger partial charge in [-0.3, -0.25) is 4.99 Å². The number of carbonyl (C=O) groups is 1. The van der Waals surface area contributed by atoms with Crippen molar-refractivity contribution in [1.29, 1.82) is 0 Å². The fourth-order valence-corrected chi connectivity index (χ4v) is 3.92. The summed E-state index contributed by atoms with van der Waals surface area (Å²) in [6, 6.07) is 19.8. The molecule has 3 aromatic rings. The number of hydrogen-bond donors (Lipinski definition) is 1. The number of aromatic hydroxyl groups is 1. The lowest BCUT2D eigenvalue weighted by atomic mass is 10.1. The molecule has 0 aromatic heterocycles. The number of esters is 1. The SMILES string of the molecule is CCCCCCCOc1ccc(C(=O)Oc2ccc(C=Nc3ccc(CCCCC)cc3)c(O)c2)cc1. The predicted molar refractivity (Wildman–Crippen MR) is 151 cm³/mol. The van der Waals surface area contributed by atoms with Crippen LogP contribution in [0.4, 0.5) is 5.69 Å². The summed E-state index contributed by atoms with van der Waals surface area (Å²) in [7, 11) is 0. The summed E-state index contributed by atoms with van der Waals surface area (Å²) in [4.78, 5) is 17.0. The van der Waals surface area contributed by atoms with E-state index in [1.54, 1.807) is 42.6 Å². The molecule has 0 spiro atoms. The Bertz CT molecular complexity index is 1120. The van der Waals surface area contributed by atoms with Gasteiger partial charge in [0.05, 0.1) is 17.9 Å². The minimum atomic E-state index is -0.494. The number of hydrogen-bond acceptors (Lipinski definition) is 5. The fraction of sp³-hybridized carbons (Fsp3) is 0.375. The molecule has 0 aliphatic rings. The molecule has 37 heavy (non-hydrogen) atoms. The van der Waals surface area contributed by atoms with Crippen LogP contribution in [0.2, 0.25) is 0 Å². The number of aryl methyl sites for hydroxylation is 1. The van der Waals surface area contributed by atoms with Crippen molar-refractivity contribution in [3.63, 3.8) is 0 Å². The molecular formula is C32H39NO4. The summed E-state index contributed by atoms with van der Waals surface area (Å²) in [6.07, 6.45) is 12.3. The average molecular weight is 502 g/mol. The second-order valence-electron chi connectivity index (χ2n) is 9.28. The molecule has 0 atom stereocenters. The topological polar surface area (TPSA) is 68.1 Å². The molecular weight excluding hydrogens is 462 g/mol. The van der Waals surface area contributed by atoms with E-state index < -0.39 is 5.97 Å². The van der Waals surface area contributed by atoms with E-state index in [1.165, 1.54) is 56.6 Å². The molecule has 196 valence electrons. The first-order valence-corrected chi connectivity index (χ1v) is 13.5. The Hall–Kier alpha value is -3.60. The van der Waals surface area contributed by atoms with E-state index in [2.05, 4.69) is 31.0 Å². The lowest BCUT2D eigenvalue weighted by Crippen LogP contribution is -2.08. The number of carbonyl (C=O) groups excluding carboxylic acids is 1. The van der Waals surface area contributed by atoms with Gasteiger partial charge in [0.2, 0.25) is 0 Å². The van der Waals surface area contributed by atoms with Crippen LogP contribution in [0.1, 0.15) is 86.7 Å². The molecule has 3 aromatic carbocycles. The number of ether oxygens (including phenoxy) is 2. The van der Waals surface area contributed by atoms with Crippen molar-refractivity contribution in [1.82, 2.24) is 0 Å². The van der Waals surface area contributed by atoms with Crippen molar-refractivity contribution < 1.29 is 19.4 Å². The number of unbranched alkanes of at least 4 members (excludes halogenated alkanes) is 6. The third-order valence-electron chi connectivity index (χ3n) is 6.18. The molecule has 0 amide bonds. The Balaban J connectivity index is 1.49. The van der Waals surface area contributed by atoms with E-state index in [0.29, 0.717) is 17.7 Å². The van der Waals surface area contributed by atoms with Crippen molar-refractivity contribution in [2.75, 3.05) is 6.61 Å². The highest BCUT2D eigenvalue weighted by molar-refractivity contribution is 5.91. The van der Waals surface area contributed by atoms with Crippen molar-refractivity contribution in [3.8, 4) is 17.2 Å². The molecule has 0 saturated carbocycles. The van der Waals surface area contributed by atoms with Crippen molar-refractivity contribution in [3.05, 3.63) is 83.4 Å². The zero-order valence-corrected chi connectivity index (χ0v) is 22.1. The third kappa shape index (κ3) is 9.76. The van der Waals surface area contributed by atoms with Gasteiger partial charge in [0.25, 0.3) is 0 Å². The Labute approximate surface area is 221 Å². The highest BCUT2D eigenvalue weighted by atomic mass is 16.5. The standard InChI is InChI=1S/C32H39NO4/c1-3-5-7-8-10-22-36-29-19-14-26(15-20-29)32(35)37-30-21-16-27(31(34)23-30)24-33-28-17-12-25(13-18-28)11-9-6-4-2/h12-21,23-24,34H,3-11,22H2,1-2H3. The fourth-order valence-electron chi connectivity index (χ4n) is 3.92. The van der Waals surface area contributed by atoms with Crippen LogP contribution in [0.25, 0.3) is 0 Å². The van der Waals surface area contributed by atoms with Gasteiger partial charge in [-0.05, 0) is 73.4 Å². The van der Waals surface area contributed by atoms with Crippen LogP contribution in [0.3, 0.4) is 0 Å². The van der Waals surface area contributed by atoms with Gasteiger partial charge < -0.3 is 14.6 Å². The van der Waals surface area contributed by atoms with Gasteiger partial charge in [0, 0.05) is 17.8 Å². The van der Waals surface area contributed by atoms with Crippen LogP contribution >= 0.6 is 0 Å². The first-order valence-electron chi connectivity index (χ1n) is 13.5. The van der Waals surface area contributed by atoms with Crippen LogP contribution in [0.5, 0.6) is 17.2 Å². The zero-order chi connectivity index (χ0) is 26.3. The molecule has 3 rings (SSSR count). The number of phenolic OH excluding ortho intramolecular Hbond substituents is 1. The first kappa shape index (κ1) is 28.0. The van der Waals surface area contributed by atoms with E-state index in [1.807, 2.05) is 12.1 Å². The molecule has 0 radical (unpaired) electrons. The summed E-state index contributed by atoms with van der Waals surface area (Å²) in [5.41, 5.74) is 3.08. The second kappa shape index (κ2) is 15.5. The average Bonchev–Trinajstić information content (AvgIpc) is 2.91. The molecule has 0 fully saturated rings. The van der Waals surface area contributed by atoms with E-state index in [4.69, 9.17) is 9.47 Å². The van der Waals surface area contributed by atoms with Gasteiger partial charge in [0.1, 0.15) is 17.2 Å². The Morgan fingerprint density at radius 2 is 1.49 bits per heavy atom. The Morgan fingerprint density at radius 3 is 2.19 bits per heavy atom. The summed E-state index contributed by atoms with van der Waals surface area (Å²) in [6.45, 7) is 5.08. The molecule has 1 N–H and O–H groups in total. The van der Waals surface area contributed by atoms with Crippen LogP contribution in [0.15, 0.2) is 71.7 Å². The normalized spacial score (nSPS) is 11.1. The first-order chi connectivity index (χ1) is 18.1. The molecule has 0 aliphatic carbocycles. The van der Waals surface area contributed by atoms with Gasteiger partial charge in [-0.1, -0.05) is 64.5 Å². The third-order valence-corrected chi connectivity index (χ3v) is 6.18. The minimum Gasteiger partial charge on any atom is -0.507 e. The molecule has 0 bridgehead atoms. The number of rotatable bonds is 15. The molecule has 0 saturated heterocycles. The quantitative estimate of drug-likeness (QED) is 0.0982.